The summed E-state index contributed by atoms with van der Waals surface area (Å²) in [5.74, 6) is -0.0302. The molecule has 0 aromatic heterocycles. The van der Waals surface area contributed by atoms with Crippen LogP contribution in [0.3, 0.4) is 0 Å². The number of rotatable bonds is 5. The van der Waals surface area contributed by atoms with Crippen LogP contribution in [0.25, 0.3) is 0 Å². The third-order valence-electron chi connectivity index (χ3n) is 4.12. The minimum Gasteiger partial charge on any atom is -0.399 e. The van der Waals surface area contributed by atoms with E-state index in [4.69, 9.17) is 10.5 Å². The third-order valence-corrected chi connectivity index (χ3v) is 5.48. The van der Waals surface area contributed by atoms with Crippen molar-refractivity contribution in [3.63, 3.8) is 0 Å². The van der Waals surface area contributed by atoms with Crippen LogP contribution < -0.4 is 10.5 Å². The molecule has 2 unspecified atom stereocenters. The summed E-state index contributed by atoms with van der Waals surface area (Å²) in [4.78, 5) is 0. The first kappa shape index (κ1) is 15.3. The standard InChI is InChI=1S/C14H22N2O3S/c1-14(2)12(8-13(14)19-3)16-20(17,18)9-10-4-6-11(15)7-5-10/h4-7,12-13,16H,8-9,15H2,1-3H3. The van der Waals surface area contributed by atoms with Gasteiger partial charge in [0.05, 0.1) is 11.9 Å². The van der Waals surface area contributed by atoms with Crippen molar-refractivity contribution in [1.29, 1.82) is 0 Å². The zero-order valence-corrected chi connectivity index (χ0v) is 12.9. The maximum Gasteiger partial charge on any atom is 0.216 e. The van der Waals surface area contributed by atoms with Crippen molar-refractivity contribution < 1.29 is 13.2 Å². The normalized spacial score (nSPS) is 25.1. The molecular weight excluding hydrogens is 276 g/mol. The SMILES string of the molecule is COC1CC(NS(=O)(=O)Cc2ccc(N)cc2)C1(C)C. The van der Waals surface area contributed by atoms with Crippen LogP contribution >= 0.6 is 0 Å². The van der Waals surface area contributed by atoms with E-state index in [0.29, 0.717) is 12.1 Å². The fourth-order valence-corrected chi connectivity index (χ4v) is 4.13. The molecule has 1 aliphatic rings. The Labute approximate surface area is 120 Å². The fraction of sp³-hybridized carbons (Fsp3) is 0.571. The molecule has 2 rings (SSSR count). The molecule has 0 radical (unpaired) electrons. The minimum absolute atomic E-state index is 0.0302. The van der Waals surface area contributed by atoms with E-state index >= 15 is 0 Å². The van der Waals surface area contributed by atoms with E-state index < -0.39 is 10.0 Å². The lowest BCUT2D eigenvalue weighted by Crippen LogP contribution is -2.61. The summed E-state index contributed by atoms with van der Waals surface area (Å²) in [6, 6.07) is 6.81. The zero-order chi connectivity index (χ0) is 15.0. The molecule has 3 N–H and O–H groups in total. The van der Waals surface area contributed by atoms with Gasteiger partial charge in [-0.3, -0.25) is 0 Å². The van der Waals surface area contributed by atoms with Crippen LogP contribution in [0, 0.1) is 5.41 Å². The van der Waals surface area contributed by atoms with Crippen molar-refractivity contribution in [2.24, 2.45) is 5.41 Å². The van der Waals surface area contributed by atoms with Crippen molar-refractivity contribution >= 4 is 15.7 Å². The molecule has 0 amide bonds. The Kier molecular flexibility index (Phi) is 4.09. The van der Waals surface area contributed by atoms with Gasteiger partial charge in [0.15, 0.2) is 0 Å². The summed E-state index contributed by atoms with van der Waals surface area (Å²) >= 11 is 0. The summed E-state index contributed by atoms with van der Waals surface area (Å²) in [7, 11) is -1.70. The average molecular weight is 298 g/mol. The molecule has 112 valence electrons. The zero-order valence-electron chi connectivity index (χ0n) is 12.1. The topological polar surface area (TPSA) is 81.4 Å². The lowest BCUT2D eigenvalue weighted by atomic mass is 9.65. The van der Waals surface area contributed by atoms with Gasteiger partial charge >= 0.3 is 0 Å². The number of ether oxygens (including phenoxy) is 1. The minimum atomic E-state index is -3.36. The molecule has 0 heterocycles. The molecule has 6 heteroatoms. The second-order valence-electron chi connectivity index (χ2n) is 5.95. The second-order valence-corrected chi connectivity index (χ2v) is 7.71. The van der Waals surface area contributed by atoms with Crippen LogP contribution in [-0.2, 0) is 20.5 Å². The molecule has 1 aromatic rings. The van der Waals surface area contributed by atoms with Crippen molar-refractivity contribution in [2.75, 3.05) is 12.8 Å². The van der Waals surface area contributed by atoms with E-state index in [9.17, 15) is 8.42 Å². The third kappa shape index (κ3) is 3.13. The van der Waals surface area contributed by atoms with Gasteiger partial charge in [-0.25, -0.2) is 13.1 Å². The smallest absolute Gasteiger partial charge is 0.216 e. The first-order valence-electron chi connectivity index (χ1n) is 6.62. The van der Waals surface area contributed by atoms with E-state index in [0.717, 1.165) is 5.56 Å². The summed E-state index contributed by atoms with van der Waals surface area (Å²) in [5, 5.41) is 0. The summed E-state index contributed by atoms with van der Waals surface area (Å²) in [5.41, 5.74) is 6.77. The molecule has 5 nitrogen and oxygen atoms in total. The van der Waals surface area contributed by atoms with E-state index in [-0.39, 0.29) is 23.3 Å². The van der Waals surface area contributed by atoms with Crippen molar-refractivity contribution in [2.45, 2.75) is 38.2 Å². The number of nitrogens with one attached hydrogen (secondary N) is 1. The predicted molar refractivity (Wildman–Crippen MR) is 79.6 cm³/mol. The highest BCUT2D eigenvalue weighted by atomic mass is 32.2. The van der Waals surface area contributed by atoms with Crippen molar-refractivity contribution in [3.8, 4) is 0 Å². The van der Waals surface area contributed by atoms with Crippen molar-refractivity contribution in [3.05, 3.63) is 29.8 Å². The molecular formula is C14H22N2O3S. The van der Waals surface area contributed by atoms with Gasteiger partial charge < -0.3 is 10.5 Å². The Morgan fingerprint density at radius 2 is 1.95 bits per heavy atom. The van der Waals surface area contributed by atoms with Crippen molar-refractivity contribution in [1.82, 2.24) is 4.72 Å². The molecule has 1 saturated carbocycles. The number of nitrogens with two attached hydrogens (primary N) is 1. The molecule has 20 heavy (non-hydrogen) atoms. The lowest BCUT2D eigenvalue weighted by molar-refractivity contribution is -0.0908. The molecule has 1 aliphatic carbocycles. The molecule has 0 aliphatic heterocycles. The van der Waals surface area contributed by atoms with Gasteiger partial charge in [-0.1, -0.05) is 26.0 Å². The first-order valence-corrected chi connectivity index (χ1v) is 8.27. The van der Waals surface area contributed by atoms with Crippen LogP contribution in [-0.4, -0.2) is 27.7 Å². The van der Waals surface area contributed by atoms with Gasteiger partial charge in [0, 0.05) is 24.3 Å². The molecule has 1 fully saturated rings. The largest absolute Gasteiger partial charge is 0.399 e. The van der Waals surface area contributed by atoms with Gasteiger partial charge in [-0.05, 0) is 24.1 Å². The summed E-state index contributed by atoms with van der Waals surface area (Å²) < 4.78 is 32.5. The molecule has 0 spiro atoms. The van der Waals surface area contributed by atoms with Gasteiger partial charge in [-0.2, -0.15) is 0 Å². The maximum absolute atomic E-state index is 12.2. The fourth-order valence-electron chi connectivity index (χ4n) is 2.58. The number of nitrogen functional groups attached to an aromatic ring is 1. The van der Waals surface area contributed by atoms with E-state index in [2.05, 4.69) is 4.72 Å². The highest BCUT2D eigenvalue weighted by Gasteiger charge is 2.49. The van der Waals surface area contributed by atoms with Crippen LogP contribution in [0.4, 0.5) is 5.69 Å². The molecule has 0 saturated heterocycles. The van der Waals surface area contributed by atoms with Gasteiger partial charge in [0.2, 0.25) is 10.0 Å². The molecule has 0 bridgehead atoms. The van der Waals surface area contributed by atoms with E-state index in [1.165, 1.54) is 0 Å². The number of sulfonamides is 1. The number of anilines is 1. The lowest BCUT2D eigenvalue weighted by Gasteiger charge is -2.50. The number of hydrogen-bond donors (Lipinski definition) is 2. The Hall–Kier alpha value is -1.11. The summed E-state index contributed by atoms with van der Waals surface area (Å²) in [6.45, 7) is 4.03. The van der Waals surface area contributed by atoms with Gasteiger partial charge in [-0.15, -0.1) is 0 Å². The highest BCUT2D eigenvalue weighted by molar-refractivity contribution is 7.88. The van der Waals surface area contributed by atoms with Crippen LogP contribution in [0.15, 0.2) is 24.3 Å². The van der Waals surface area contributed by atoms with Crippen LogP contribution in [0.2, 0.25) is 0 Å². The highest BCUT2D eigenvalue weighted by Crippen LogP contribution is 2.42. The Bertz CT molecular complexity index is 567. The molecule has 2 atom stereocenters. The van der Waals surface area contributed by atoms with Gasteiger partial charge in [0.25, 0.3) is 0 Å². The van der Waals surface area contributed by atoms with Gasteiger partial charge in [0.1, 0.15) is 0 Å². The first-order chi connectivity index (χ1) is 9.24. The Morgan fingerprint density at radius 3 is 2.45 bits per heavy atom. The van der Waals surface area contributed by atoms with Crippen LogP contribution in [0.5, 0.6) is 0 Å². The Balaban J connectivity index is 2.00. The molecule has 1 aromatic carbocycles. The maximum atomic E-state index is 12.2. The summed E-state index contributed by atoms with van der Waals surface area (Å²) in [6.07, 6.45) is 0.816. The van der Waals surface area contributed by atoms with E-state index in [1.54, 1.807) is 31.4 Å². The predicted octanol–water partition coefficient (Wildman–Crippen LogP) is 1.50. The Morgan fingerprint density at radius 1 is 1.35 bits per heavy atom. The quantitative estimate of drug-likeness (QED) is 0.807. The van der Waals surface area contributed by atoms with E-state index in [1.807, 2.05) is 13.8 Å². The monoisotopic (exact) mass is 298 g/mol. The second kappa shape index (κ2) is 5.35. The number of benzene rings is 1. The average Bonchev–Trinajstić information content (AvgIpc) is 2.36. The number of hydrogen-bond acceptors (Lipinski definition) is 4. The number of methoxy groups -OCH3 is 1. The van der Waals surface area contributed by atoms with Crippen LogP contribution in [0.1, 0.15) is 25.8 Å².